The molecule has 0 spiro atoms. The van der Waals surface area contributed by atoms with Gasteiger partial charge < -0.3 is 16.0 Å². The van der Waals surface area contributed by atoms with E-state index in [0.29, 0.717) is 22.2 Å². The number of nitrogens with zero attached hydrogens (tertiary/aromatic N) is 1. The maximum Gasteiger partial charge on any atom is 0.255 e. The minimum atomic E-state index is -0.219. The van der Waals surface area contributed by atoms with Crippen molar-refractivity contribution in [2.45, 2.75) is 19.9 Å². The molecule has 0 radical (unpaired) electrons. The number of hydrogen-bond donors (Lipinski definition) is 2. The predicted octanol–water partition coefficient (Wildman–Crippen LogP) is 2.24. The molecule has 0 aliphatic carbocycles. The average Bonchev–Trinajstić information content (AvgIpc) is 2.27. The lowest BCUT2D eigenvalue weighted by molar-refractivity contribution is 0.0917. The van der Waals surface area contributed by atoms with Crippen molar-refractivity contribution >= 4 is 23.2 Å². The minimum absolute atomic E-state index is 0.0539. The Labute approximate surface area is 119 Å². The summed E-state index contributed by atoms with van der Waals surface area (Å²) >= 11 is 6.04. The normalized spacial score (nSPS) is 12.8. The van der Waals surface area contributed by atoms with Gasteiger partial charge >= 0.3 is 0 Å². The van der Waals surface area contributed by atoms with Crippen molar-refractivity contribution < 1.29 is 4.79 Å². The number of carbonyl (C=O) groups is 1. The summed E-state index contributed by atoms with van der Waals surface area (Å²) in [5.74, 6) is 0.110. The van der Waals surface area contributed by atoms with Crippen LogP contribution in [0, 0.1) is 5.92 Å². The topological polar surface area (TPSA) is 58.4 Å². The second-order valence-electron chi connectivity index (χ2n) is 5.29. The van der Waals surface area contributed by atoms with Crippen LogP contribution in [0.5, 0.6) is 0 Å². The Kier molecular flexibility index (Phi) is 5.63. The first-order chi connectivity index (χ1) is 8.82. The number of nitrogens with one attached hydrogen (secondary N) is 1. The lowest BCUT2D eigenvalue weighted by Gasteiger charge is -2.26. The Hall–Kier alpha value is -1.26. The predicted molar refractivity (Wildman–Crippen MR) is 80.5 cm³/mol. The van der Waals surface area contributed by atoms with Gasteiger partial charge in [-0.15, -0.1) is 0 Å². The molecular weight excluding hydrogens is 262 g/mol. The Balaban J connectivity index is 2.88. The number of halogens is 1. The third-order valence-electron chi connectivity index (χ3n) is 2.96. The van der Waals surface area contributed by atoms with E-state index in [9.17, 15) is 4.79 Å². The molecule has 106 valence electrons. The molecule has 1 atom stereocenters. The van der Waals surface area contributed by atoms with Crippen LogP contribution in [0.4, 0.5) is 5.69 Å². The number of hydrogen-bond acceptors (Lipinski definition) is 3. The number of rotatable bonds is 5. The zero-order valence-electron chi connectivity index (χ0n) is 11.9. The van der Waals surface area contributed by atoms with Gasteiger partial charge in [0.1, 0.15) is 0 Å². The van der Waals surface area contributed by atoms with Gasteiger partial charge in [0.2, 0.25) is 0 Å². The van der Waals surface area contributed by atoms with E-state index in [1.54, 1.807) is 18.2 Å². The largest absolute Gasteiger partial charge is 0.398 e. The quantitative estimate of drug-likeness (QED) is 0.815. The van der Waals surface area contributed by atoms with E-state index < -0.39 is 0 Å². The van der Waals surface area contributed by atoms with E-state index in [1.165, 1.54) is 0 Å². The Morgan fingerprint density at radius 2 is 2.05 bits per heavy atom. The van der Waals surface area contributed by atoms with Crippen LogP contribution in [0.1, 0.15) is 24.2 Å². The number of anilines is 1. The molecule has 0 aliphatic heterocycles. The monoisotopic (exact) mass is 283 g/mol. The molecule has 5 heteroatoms. The first kappa shape index (κ1) is 15.8. The summed E-state index contributed by atoms with van der Waals surface area (Å²) in [6, 6.07) is 5.13. The second-order valence-corrected chi connectivity index (χ2v) is 5.70. The van der Waals surface area contributed by atoms with Crippen molar-refractivity contribution in [3.05, 3.63) is 28.8 Å². The fraction of sp³-hybridized carbons (Fsp3) is 0.500. The number of likely N-dealkylation sites (N-methyl/N-ethyl adjacent to an activating group) is 1. The third-order valence-corrected chi connectivity index (χ3v) is 3.27. The van der Waals surface area contributed by atoms with Gasteiger partial charge in [0, 0.05) is 18.3 Å². The van der Waals surface area contributed by atoms with Crippen molar-refractivity contribution in [2.24, 2.45) is 5.92 Å². The Bertz CT molecular complexity index is 426. The highest BCUT2D eigenvalue weighted by atomic mass is 35.5. The highest BCUT2D eigenvalue weighted by Gasteiger charge is 2.20. The zero-order chi connectivity index (χ0) is 14.6. The smallest absolute Gasteiger partial charge is 0.255 e. The van der Waals surface area contributed by atoms with Crippen LogP contribution in [0.3, 0.4) is 0 Å². The van der Waals surface area contributed by atoms with E-state index in [4.69, 9.17) is 17.3 Å². The second kappa shape index (κ2) is 6.78. The lowest BCUT2D eigenvalue weighted by Crippen LogP contribution is -2.45. The summed E-state index contributed by atoms with van der Waals surface area (Å²) in [4.78, 5) is 14.3. The summed E-state index contributed by atoms with van der Waals surface area (Å²) in [5.41, 5.74) is 6.58. The number of carbonyl (C=O) groups excluding carboxylic acids is 1. The Morgan fingerprint density at radius 3 is 2.53 bits per heavy atom. The molecule has 19 heavy (non-hydrogen) atoms. The van der Waals surface area contributed by atoms with E-state index in [1.807, 2.05) is 19.0 Å². The van der Waals surface area contributed by atoms with E-state index >= 15 is 0 Å². The minimum Gasteiger partial charge on any atom is -0.398 e. The van der Waals surface area contributed by atoms with Gasteiger partial charge in [-0.25, -0.2) is 0 Å². The lowest BCUT2D eigenvalue weighted by atomic mass is 10.0. The molecule has 0 fully saturated rings. The molecule has 1 rings (SSSR count). The summed E-state index contributed by atoms with van der Waals surface area (Å²) in [6.45, 7) is 4.92. The third kappa shape index (κ3) is 4.40. The van der Waals surface area contributed by atoms with Gasteiger partial charge in [-0.3, -0.25) is 4.79 Å². The van der Waals surface area contributed by atoms with Crippen molar-refractivity contribution in [1.29, 1.82) is 0 Å². The molecule has 0 heterocycles. The van der Waals surface area contributed by atoms with Crippen molar-refractivity contribution in [3.63, 3.8) is 0 Å². The molecule has 3 N–H and O–H groups in total. The van der Waals surface area contributed by atoms with Gasteiger partial charge in [-0.05, 0) is 32.1 Å². The van der Waals surface area contributed by atoms with Crippen LogP contribution >= 0.6 is 11.6 Å². The highest BCUT2D eigenvalue weighted by Crippen LogP contribution is 2.22. The number of amides is 1. The van der Waals surface area contributed by atoms with Crippen LogP contribution in [0.15, 0.2) is 18.2 Å². The zero-order valence-corrected chi connectivity index (χ0v) is 12.7. The summed E-state index contributed by atoms with van der Waals surface area (Å²) < 4.78 is 0. The van der Waals surface area contributed by atoms with Crippen LogP contribution < -0.4 is 11.1 Å². The molecule has 1 aromatic rings. The van der Waals surface area contributed by atoms with Crippen molar-refractivity contribution in [2.75, 3.05) is 26.4 Å². The van der Waals surface area contributed by atoms with Gasteiger partial charge in [0.25, 0.3) is 5.91 Å². The van der Waals surface area contributed by atoms with Crippen molar-refractivity contribution in [1.82, 2.24) is 10.2 Å². The summed E-state index contributed by atoms with van der Waals surface area (Å²) in [7, 11) is 3.96. The summed E-state index contributed by atoms with van der Waals surface area (Å²) in [5, 5.41) is 3.38. The van der Waals surface area contributed by atoms with Gasteiger partial charge in [0.15, 0.2) is 0 Å². The SMILES string of the molecule is CC(C)C(CN(C)C)NC(=O)c1c(N)cccc1Cl. The van der Waals surface area contributed by atoms with Gasteiger partial charge in [-0.1, -0.05) is 31.5 Å². The van der Waals surface area contributed by atoms with E-state index in [0.717, 1.165) is 6.54 Å². The molecule has 4 nitrogen and oxygen atoms in total. The van der Waals surface area contributed by atoms with Gasteiger partial charge in [-0.2, -0.15) is 0 Å². The standard InChI is InChI=1S/C14H22ClN3O/c1-9(2)12(8-18(3)4)17-14(19)13-10(15)6-5-7-11(13)16/h5-7,9,12H,8,16H2,1-4H3,(H,17,19). The first-order valence-corrected chi connectivity index (χ1v) is 6.70. The molecular formula is C14H22ClN3O. The first-order valence-electron chi connectivity index (χ1n) is 6.32. The fourth-order valence-corrected chi connectivity index (χ4v) is 2.11. The maximum absolute atomic E-state index is 12.3. The molecule has 0 saturated carbocycles. The van der Waals surface area contributed by atoms with Gasteiger partial charge in [0.05, 0.1) is 10.6 Å². The molecule has 1 amide bonds. The number of nitrogen functional groups attached to an aromatic ring is 1. The van der Waals surface area contributed by atoms with E-state index in [-0.39, 0.29) is 11.9 Å². The van der Waals surface area contributed by atoms with Crippen LogP contribution in [0.25, 0.3) is 0 Å². The number of nitrogens with two attached hydrogens (primary N) is 1. The molecule has 1 aromatic carbocycles. The fourth-order valence-electron chi connectivity index (χ4n) is 1.84. The van der Waals surface area contributed by atoms with Crippen LogP contribution in [-0.2, 0) is 0 Å². The molecule has 0 aromatic heterocycles. The van der Waals surface area contributed by atoms with Crippen molar-refractivity contribution in [3.8, 4) is 0 Å². The average molecular weight is 284 g/mol. The maximum atomic E-state index is 12.3. The van der Waals surface area contributed by atoms with Crippen LogP contribution in [-0.4, -0.2) is 37.5 Å². The van der Waals surface area contributed by atoms with E-state index in [2.05, 4.69) is 19.2 Å². The molecule has 0 saturated heterocycles. The molecule has 1 unspecified atom stereocenters. The molecule has 0 bridgehead atoms. The Morgan fingerprint density at radius 1 is 1.42 bits per heavy atom. The molecule has 0 aliphatic rings. The summed E-state index contributed by atoms with van der Waals surface area (Å²) in [6.07, 6.45) is 0. The number of benzene rings is 1. The highest BCUT2D eigenvalue weighted by molar-refractivity contribution is 6.34. The van der Waals surface area contributed by atoms with Crippen LogP contribution in [0.2, 0.25) is 5.02 Å².